The quantitative estimate of drug-likeness (QED) is 0.845. The van der Waals surface area contributed by atoms with Gasteiger partial charge in [0.05, 0.1) is 6.42 Å². The molecular formula is C14H19ClFNO2. The monoisotopic (exact) mass is 287 g/mol. The largest absolute Gasteiger partial charge is 0.396 e. The lowest BCUT2D eigenvalue weighted by molar-refractivity contribution is -0.122. The van der Waals surface area contributed by atoms with Crippen LogP contribution in [0.25, 0.3) is 0 Å². The predicted octanol–water partition coefficient (Wildman–Crippen LogP) is 2.69. The van der Waals surface area contributed by atoms with E-state index < -0.39 is 11.4 Å². The lowest BCUT2D eigenvalue weighted by Crippen LogP contribution is -2.46. The van der Waals surface area contributed by atoms with Gasteiger partial charge in [0.2, 0.25) is 5.91 Å². The molecule has 0 aliphatic rings. The molecule has 5 heteroatoms. The first kappa shape index (κ1) is 15.9. The third kappa shape index (κ3) is 4.48. The van der Waals surface area contributed by atoms with E-state index in [-0.39, 0.29) is 29.5 Å². The van der Waals surface area contributed by atoms with Crippen molar-refractivity contribution in [1.82, 2.24) is 5.32 Å². The Labute approximate surface area is 117 Å². The zero-order valence-corrected chi connectivity index (χ0v) is 11.9. The van der Waals surface area contributed by atoms with Gasteiger partial charge in [0.1, 0.15) is 5.82 Å². The van der Waals surface area contributed by atoms with Crippen molar-refractivity contribution < 1.29 is 14.3 Å². The van der Waals surface area contributed by atoms with Crippen LogP contribution in [0.1, 0.15) is 32.3 Å². The maximum Gasteiger partial charge on any atom is 0.225 e. The molecule has 0 spiro atoms. The van der Waals surface area contributed by atoms with Gasteiger partial charge < -0.3 is 10.4 Å². The zero-order chi connectivity index (χ0) is 14.5. The van der Waals surface area contributed by atoms with Crippen molar-refractivity contribution in [1.29, 1.82) is 0 Å². The van der Waals surface area contributed by atoms with Crippen LogP contribution >= 0.6 is 11.6 Å². The second kappa shape index (κ2) is 6.87. The standard InChI is InChI=1S/C14H19ClFNO2/c1-3-14(2,7-8-18)17-13(19)9-10-11(15)5-4-6-12(10)16/h4-6,18H,3,7-9H2,1-2H3,(H,17,19). The molecule has 1 aromatic rings. The summed E-state index contributed by atoms with van der Waals surface area (Å²) in [4.78, 5) is 11.9. The summed E-state index contributed by atoms with van der Waals surface area (Å²) in [6.07, 6.45) is 1.04. The minimum atomic E-state index is -0.483. The summed E-state index contributed by atoms with van der Waals surface area (Å²) in [5.41, 5.74) is -0.284. The van der Waals surface area contributed by atoms with Crippen molar-refractivity contribution in [3.8, 4) is 0 Å². The Hall–Kier alpha value is -1.13. The number of hydrogen-bond donors (Lipinski definition) is 2. The SMILES string of the molecule is CCC(C)(CCO)NC(=O)Cc1c(F)cccc1Cl. The molecule has 3 nitrogen and oxygen atoms in total. The summed E-state index contributed by atoms with van der Waals surface area (Å²) in [7, 11) is 0. The van der Waals surface area contributed by atoms with Crippen LogP contribution in [0.2, 0.25) is 5.02 Å². The van der Waals surface area contributed by atoms with Crippen LogP contribution in [0.15, 0.2) is 18.2 Å². The Balaban J connectivity index is 2.75. The van der Waals surface area contributed by atoms with Gasteiger partial charge in [0, 0.05) is 22.7 Å². The van der Waals surface area contributed by atoms with E-state index in [0.29, 0.717) is 12.8 Å². The lowest BCUT2D eigenvalue weighted by Gasteiger charge is -2.29. The Morgan fingerprint density at radius 2 is 2.21 bits per heavy atom. The summed E-state index contributed by atoms with van der Waals surface area (Å²) in [6.45, 7) is 3.77. The molecule has 19 heavy (non-hydrogen) atoms. The second-order valence-corrected chi connectivity index (χ2v) is 5.22. The van der Waals surface area contributed by atoms with Crippen molar-refractivity contribution in [2.24, 2.45) is 0 Å². The molecule has 1 rings (SSSR count). The van der Waals surface area contributed by atoms with Crippen molar-refractivity contribution in [3.63, 3.8) is 0 Å². The number of carbonyl (C=O) groups is 1. The molecule has 0 radical (unpaired) electrons. The molecule has 0 aliphatic heterocycles. The molecule has 0 aromatic heterocycles. The van der Waals surface area contributed by atoms with Crippen LogP contribution in [0.5, 0.6) is 0 Å². The van der Waals surface area contributed by atoms with E-state index >= 15 is 0 Å². The van der Waals surface area contributed by atoms with Gasteiger partial charge in [-0.3, -0.25) is 4.79 Å². The smallest absolute Gasteiger partial charge is 0.225 e. The summed E-state index contributed by atoms with van der Waals surface area (Å²) >= 11 is 5.88. The number of amides is 1. The van der Waals surface area contributed by atoms with Gasteiger partial charge in [-0.15, -0.1) is 0 Å². The van der Waals surface area contributed by atoms with Gasteiger partial charge >= 0.3 is 0 Å². The maximum absolute atomic E-state index is 13.6. The highest BCUT2D eigenvalue weighted by Gasteiger charge is 2.24. The highest BCUT2D eigenvalue weighted by molar-refractivity contribution is 6.31. The first-order valence-corrected chi connectivity index (χ1v) is 6.64. The third-order valence-corrected chi connectivity index (χ3v) is 3.64. The summed E-state index contributed by atoms with van der Waals surface area (Å²) in [6, 6.07) is 4.34. The van der Waals surface area contributed by atoms with Crippen molar-refractivity contribution >= 4 is 17.5 Å². The number of halogens is 2. The van der Waals surface area contributed by atoms with Crippen molar-refractivity contribution in [3.05, 3.63) is 34.6 Å². The molecule has 0 saturated heterocycles. The molecule has 0 fully saturated rings. The number of aliphatic hydroxyl groups is 1. The molecular weight excluding hydrogens is 269 g/mol. The molecule has 1 atom stereocenters. The fourth-order valence-corrected chi connectivity index (χ4v) is 2.05. The van der Waals surface area contributed by atoms with E-state index in [1.807, 2.05) is 13.8 Å². The van der Waals surface area contributed by atoms with E-state index in [2.05, 4.69) is 5.32 Å². The molecule has 2 N–H and O–H groups in total. The van der Waals surface area contributed by atoms with Crippen LogP contribution in [-0.2, 0) is 11.2 Å². The van der Waals surface area contributed by atoms with Gasteiger partial charge in [-0.05, 0) is 31.9 Å². The second-order valence-electron chi connectivity index (χ2n) is 4.81. The molecule has 0 heterocycles. The minimum absolute atomic E-state index is 0.00885. The highest BCUT2D eigenvalue weighted by Crippen LogP contribution is 2.20. The van der Waals surface area contributed by atoms with Crippen LogP contribution < -0.4 is 5.32 Å². The molecule has 0 aliphatic carbocycles. The summed E-state index contributed by atoms with van der Waals surface area (Å²) in [5, 5.41) is 12.1. The predicted molar refractivity (Wildman–Crippen MR) is 73.7 cm³/mol. The third-order valence-electron chi connectivity index (χ3n) is 3.28. The fraction of sp³-hybridized carbons (Fsp3) is 0.500. The van der Waals surface area contributed by atoms with Gasteiger partial charge in [-0.25, -0.2) is 4.39 Å². The van der Waals surface area contributed by atoms with E-state index in [0.717, 1.165) is 0 Å². The van der Waals surface area contributed by atoms with Crippen molar-refractivity contribution in [2.45, 2.75) is 38.6 Å². The van der Waals surface area contributed by atoms with Gasteiger partial charge in [0.25, 0.3) is 0 Å². The van der Waals surface area contributed by atoms with E-state index in [1.54, 1.807) is 6.07 Å². The first-order chi connectivity index (χ1) is 8.91. The number of aliphatic hydroxyl groups excluding tert-OH is 1. The van der Waals surface area contributed by atoms with Gasteiger partial charge in [0.15, 0.2) is 0 Å². The molecule has 0 bridgehead atoms. The Morgan fingerprint density at radius 1 is 1.53 bits per heavy atom. The number of hydrogen-bond acceptors (Lipinski definition) is 2. The average molecular weight is 288 g/mol. The fourth-order valence-electron chi connectivity index (χ4n) is 1.82. The number of carbonyl (C=O) groups excluding carboxylic acids is 1. The molecule has 1 amide bonds. The van der Waals surface area contributed by atoms with E-state index in [4.69, 9.17) is 16.7 Å². The minimum Gasteiger partial charge on any atom is -0.396 e. The first-order valence-electron chi connectivity index (χ1n) is 6.26. The number of benzene rings is 1. The summed E-state index contributed by atoms with van der Waals surface area (Å²) in [5.74, 6) is -0.784. The normalized spacial score (nSPS) is 13.9. The number of nitrogens with one attached hydrogen (secondary N) is 1. The van der Waals surface area contributed by atoms with Crippen LogP contribution in [0.3, 0.4) is 0 Å². The Bertz CT molecular complexity index is 433. The zero-order valence-electron chi connectivity index (χ0n) is 11.2. The highest BCUT2D eigenvalue weighted by atomic mass is 35.5. The van der Waals surface area contributed by atoms with E-state index in [9.17, 15) is 9.18 Å². The lowest BCUT2D eigenvalue weighted by atomic mass is 9.94. The molecule has 106 valence electrons. The van der Waals surface area contributed by atoms with Gasteiger partial charge in [-0.1, -0.05) is 24.6 Å². The van der Waals surface area contributed by atoms with Gasteiger partial charge in [-0.2, -0.15) is 0 Å². The average Bonchev–Trinajstić information content (AvgIpc) is 2.34. The summed E-state index contributed by atoms with van der Waals surface area (Å²) < 4.78 is 13.6. The molecule has 0 saturated carbocycles. The number of rotatable bonds is 6. The topological polar surface area (TPSA) is 49.3 Å². The Kier molecular flexibility index (Phi) is 5.76. The molecule has 1 unspecified atom stereocenters. The van der Waals surface area contributed by atoms with Crippen LogP contribution in [-0.4, -0.2) is 23.2 Å². The van der Waals surface area contributed by atoms with Crippen molar-refractivity contribution in [2.75, 3.05) is 6.61 Å². The molecule has 1 aromatic carbocycles. The van der Waals surface area contributed by atoms with Crippen LogP contribution in [0.4, 0.5) is 4.39 Å². The maximum atomic E-state index is 13.6. The van der Waals surface area contributed by atoms with Crippen LogP contribution in [0, 0.1) is 5.82 Å². The Morgan fingerprint density at radius 3 is 2.74 bits per heavy atom. The van der Waals surface area contributed by atoms with E-state index in [1.165, 1.54) is 12.1 Å².